The zero-order valence-electron chi connectivity index (χ0n) is 9.94. The molecule has 19 heavy (non-hydrogen) atoms. The van der Waals surface area contributed by atoms with Gasteiger partial charge in [0, 0.05) is 5.69 Å². The number of carbonyl (C=O) groups is 1. The lowest BCUT2D eigenvalue weighted by molar-refractivity contribution is -0.118. The smallest absolute Gasteiger partial charge is 0.244 e. The summed E-state index contributed by atoms with van der Waals surface area (Å²) in [6, 6.07) is 12.9. The second-order valence-electron chi connectivity index (χ2n) is 4.02. The molecule has 5 heteroatoms. The maximum absolute atomic E-state index is 13.4. The molecule has 0 radical (unpaired) electrons. The lowest BCUT2D eigenvalue weighted by atomic mass is 10.1. The topological polar surface area (TPSA) is 55.1 Å². The Kier molecular flexibility index (Phi) is 4.16. The Morgan fingerprint density at radius 2 is 1.89 bits per heavy atom. The highest BCUT2D eigenvalue weighted by Crippen LogP contribution is 2.23. The molecule has 1 amide bonds. The molecule has 2 aromatic carbocycles. The Morgan fingerprint density at radius 1 is 1.21 bits per heavy atom. The number of primary amides is 1. The molecule has 1 unspecified atom stereocenters. The maximum Gasteiger partial charge on any atom is 0.244 e. The summed E-state index contributed by atoms with van der Waals surface area (Å²) in [6.45, 7) is 0. The number of carbonyl (C=O) groups excluding carboxylic acids is 1. The van der Waals surface area contributed by atoms with E-state index in [0.29, 0.717) is 10.2 Å². The first kappa shape index (κ1) is 13.5. The van der Waals surface area contributed by atoms with Gasteiger partial charge in [0.2, 0.25) is 5.91 Å². The largest absolute Gasteiger partial charge is 0.370 e. The average molecular weight is 323 g/mol. The first-order chi connectivity index (χ1) is 9.08. The maximum atomic E-state index is 13.4. The second-order valence-corrected chi connectivity index (χ2v) is 4.87. The Labute approximate surface area is 118 Å². The highest BCUT2D eigenvalue weighted by Gasteiger charge is 2.17. The van der Waals surface area contributed by atoms with Crippen molar-refractivity contribution in [3.8, 4) is 0 Å². The van der Waals surface area contributed by atoms with E-state index in [-0.39, 0.29) is 0 Å². The van der Waals surface area contributed by atoms with Crippen molar-refractivity contribution in [3.05, 3.63) is 64.4 Å². The molecule has 3 N–H and O–H groups in total. The number of benzene rings is 2. The molecule has 2 aromatic rings. The summed E-state index contributed by atoms with van der Waals surface area (Å²) in [7, 11) is 0. The summed E-state index contributed by atoms with van der Waals surface area (Å²) in [5.74, 6) is -0.921. The van der Waals surface area contributed by atoms with E-state index in [1.165, 1.54) is 6.07 Å². The lowest BCUT2D eigenvalue weighted by Crippen LogP contribution is -2.27. The molecule has 0 fully saturated rings. The van der Waals surface area contributed by atoms with Gasteiger partial charge in [0.1, 0.15) is 11.9 Å². The van der Waals surface area contributed by atoms with E-state index in [1.54, 1.807) is 24.3 Å². The highest BCUT2D eigenvalue weighted by molar-refractivity contribution is 9.10. The number of hydrogen-bond donors (Lipinski definition) is 2. The van der Waals surface area contributed by atoms with Crippen molar-refractivity contribution in [2.45, 2.75) is 6.04 Å². The zero-order chi connectivity index (χ0) is 13.8. The third kappa shape index (κ3) is 3.32. The molecule has 0 aromatic heterocycles. The van der Waals surface area contributed by atoms with Crippen molar-refractivity contribution >= 4 is 27.5 Å². The number of anilines is 1. The van der Waals surface area contributed by atoms with Gasteiger partial charge in [-0.1, -0.05) is 30.3 Å². The summed E-state index contributed by atoms with van der Waals surface area (Å²) >= 11 is 3.08. The van der Waals surface area contributed by atoms with Crippen molar-refractivity contribution in [2.75, 3.05) is 5.32 Å². The van der Waals surface area contributed by atoms with Crippen LogP contribution in [-0.2, 0) is 4.79 Å². The van der Waals surface area contributed by atoms with Gasteiger partial charge in [0.05, 0.1) is 4.47 Å². The average Bonchev–Trinajstić information content (AvgIpc) is 2.40. The summed E-state index contributed by atoms with van der Waals surface area (Å²) in [5.41, 5.74) is 6.61. The van der Waals surface area contributed by atoms with Crippen LogP contribution in [0.25, 0.3) is 0 Å². The van der Waals surface area contributed by atoms with Gasteiger partial charge in [-0.05, 0) is 39.7 Å². The van der Waals surface area contributed by atoms with Gasteiger partial charge in [-0.15, -0.1) is 0 Å². The normalized spacial score (nSPS) is 11.9. The second kappa shape index (κ2) is 5.84. The van der Waals surface area contributed by atoms with Gasteiger partial charge in [-0.25, -0.2) is 4.39 Å². The molecule has 0 bridgehead atoms. The summed E-state index contributed by atoms with van der Waals surface area (Å²) < 4.78 is 13.8. The highest BCUT2D eigenvalue weighted by atomic mass is 79.9. The summed E-state index contributed by atoms with van der Waals surface area (Å²) in [5, 5.41) is 2.93. The van der Waals surface area contributed by atoms with Gasteiger partial charge in [-0.3, -0.25) is 4.79 Å². The molecule has 0 saturated carbocycles. The van der Waals surface area contributed by atoms with Crippen LogP contribution in [0.4, 0.5) is 10.1 Å². The molecule has 0 heterocycles. The molecule has 2 rings (SSSR count). The minimum atomic E-state index is -0.693. The Morgan fingerprint density at radius 3 is 2.47 bits per heavy atom. The molecule has 3 nitrogen and oxygen atoms in total. The van der Waals surface area contributed by atoms with E-state index in [2.05, 4.69) is 21.2 Å². The minimum absolute atomic E-state index is 0.369. The predicted molar refractivity (Wildman–Crippen MR) is 76.1 cm³/mol. The summed E-state index contributed by atoms with van der Waals surface area (Å²) in [6.07, 6.45) is 0. The van der Waals surface area contributed by atoms with E-state index in [4.69, 9.17) is 5.73 Å². The van der Waals surface area contributed by atoms with Gasteiger partial charge in [0.25, 0.3) is 0 Å². The first-order valence-electron chi connectivity index (χ1n) is 5.64. The van der Waals surface area contributed by atoms with Crippen LogP contribution in [0.5, 0.6) is 0 Å². The lowest BCUT2D eigenvalue weighted by Gasteiger charge is -2.17. The number of halogens is 2. The van der Waals surface area contributed by atoms with Crippen LogP contribution in [-0.4, -0.2) is 5.91 Å². The number of nitrogens with one attached hydrogen (secondary N) is 1. The van der Waals surface area contributed by atoms with E-state index < -0.39 is 17.8 Å². The number of rotatable bonds is 4. The van der Waals surface area contributed by atoms with Crippen LogP contribution >= 0.6 is 15.9 Å². The van der Waals surface area contributed by atoms with E-state index in [1.807, 2.05) is 18.2 Å². The molecular weight excluding hydrogens is 311 g/mol. The Hall–Kier alpha value is -1.88. The van der Waals surface area contributed by atoms with E-state index in [9.17, 15) is 9.18 Å². The van der Waals surface area contributed by atoms with Crippen LogP contribution in [0, 0.1) is 5.82 Å². The van der Waals surface area contributed by atoms with E-state index >= 15 is 0 Å². The first-order valence-corrected chi connectivity index (χ1v) is 6.43. The molecule has 0 saturated heterocycles. The van der Waals surface area contributed by atoms with Crippen LogP contribution < -0.4 is 11.1 Å². The fraction of sp³-hybridized carbons (Fsp3) is 0.0714. The SMILES string of the molecule is NC(=O)C(Nc1ccc(Br)c(F)c1)c1ccccc1. The quantitative estimate of drug-likeness (QED) is 0.908. The van der Waals surface area contributed by atoms with Gasteiger partial charge < -0.3 is 11.1 Å². The monoisotopic (exact) mass is 322 g/mol. The molecule has 0 aliphatic heterocycles. The molecule has 0 spiro atoms. The molecule has 0 aliphatic carbocycles. The van der Waals surface area contributed by atoms with Gasteiger partial charge in [0.15, 0.2) is 0 Å². The van der Waals surface area contributed by atoms with Crippen molar-refractivity contribution in [1.29, 1.82) is 0 Å². The summed E-state index contributed by atoms with van der Waals surface area (Å²) in [4.78, 5) is 11.5. The molecule has 0 aliphatic rings. The van der Waals surface area contributed by atoms with Crippen LogP contribution in [0.1, 0.15) is 11.6 Å². The van der Waals surface area contributed by atoms with Crippen molar-refractivity contribution in [2.24, 2.45) is 5.73 Å². The van der Waals surface area contributed by atoms with Crippen molar-refractivity contribution < 1.29 is 9.18 Å². The molecular formula is C14H12BrFN2O. The fourth-order valence-corrected chi connectivity index (χ4v) is 1.96. The predicted octanol–water partition coefficient (Wildman–Crippen LogP) is 3.23. The molecule has 98 valence electrons. The third-order valence-corrected chi connectivity index (χ3v) is 3.29. The number of nitrogens with two attached hydrogens (primary N) is 1. The van der Waals surface area contributed by atoms with Crippen LogP contribution in [0.15, 0.2) is 53.0 Å². The Balaban J connectivity index is 2.27. The standard InChI is InChI=1S/C14H12BrFN2O/c15-11-7-6-10(8-12(11)16)18-13(14(17)19)9-4-2-1-3-5-9/h1-8,13,18H,(H2,17,19). The van der Waals surface area contributed by atoms with Crippen molar-refractivity contribution in [3.63, 3.8) is 0 Å². The van der Waals surface area contributed by atoms with Crippen LogP contribution in [0.2, 0.25) is 0 Å². The van der Waals surface area contributed by atoms with E-state index in [0.717, 1.165) is 5.56 Å². The third-order valence-electron chi connectivity index (χ3n) is 2.65. The zero-order valence-corrected chi connectivity index (χ0v) is 11.5. The number of hydrogen-bond acceptors (Lipinski definition) is 2. The van der Waals surface area contributed by atoms with Gasteiger partial charge >= 0.3 is 0 Å². The van der Waals surface area contributed by atoms with Crippen molar-refractivity contribution in [1.82, 2.24) is 0 Å². The molecule has 1 atom stereocenters. The number of amides is 1. The van der Waals surface area contributed by atoms with Crippen LogP contribution in [0.3, 0.4) is 0 Å². The minimum Gasteiger partial charge on any atom is -0.370 e. The Bertz CT molecular complexity index is 589. The fourth-order valence-electron chi connectivity index (χ4n) is 1.72. The van der Waals surface area contributed by atoms with Gasteiger partial charge in [-0.2, -0.15) is 0 Å².